The molecule has 1 aromatic carbocycles. The molecule has 0 saturated heterocycles. The summed E-state index contributed by atoms with van der Waals surface area (Å²) in [5.41, 5.74) is 2.83. The van der Waals surface area contributed by atoms with Gasteiger partial charge in [-0.2, -0.15) is 0 Å². The maximum atomic E-state index is 5.70. The van der Waals surface area contributed by atoms with Crippen molar-refractivity contribution >= 4 is 0 Å². The predicted molar refractivity (Wildman–Crippen MR) is 84.3 cm³/mol. The minimum atomic E-state index is 0.199. The molecule has 0 bridgehead atoms. The van der Waals surface area contributed by atoms with Crippen LogP contribution in [0.3, 0.4) is 0 Å². The molecule has 0 radical (unpaired) electrons. The molecule has 0 fully saturated rings. The van der Waals surface area contributed by atoms with Gasteiger partial charge in [-0.05, 0) is 30.0 Å². The zero-order valence-corrected chi connectivity index (χ0v) is 13.5. The highest BCUT2D eigenvalue weighted by Crippen LogP contribution is 2.24. The zero-order chi connectivity index (χ0) is 15.0. The second-order valence-electron chi connectivity index (χ2n) is 6.13. The fourth-order valence-electron chi connectivity index (χ4n) is 2.07. The van der Waals surface area contributed by atoms with Crippen molar-refractivity contribution in [2.75, 3.05) is 34.0 Å². The fraction of sp³-hybridized carbons (Fsp3) is 0.647. The van der Waals surface area contributed by atoms with Crippen LogP contribution >= 0.6 is 0 Å². The lowest BCUT2D eigenvalue weighted by Crippen LogP contribution is -2.22. The van der Waals surface area contributed by atoms with Gasteiger partial charge in [0, 0.05) is 20.3 Å². The minimum Gasteiger partial charge on any atom is -0.385 e. The zero-order valence-electron chi connectivity index (χ0n) is 13.5. The van der Waals surface area contributed by atoms with Crippen LogP contribution in [-0.4, -0.2) is 34.0 Å². The topological polar surface area (TPSA) is 30.5 Å². The van der Waals surface area contributed by atoms with Crippen molar-refractivity contribution in [1.29, 1.82) is 0 Å². The third-order valence-electron chi connectivity index (χ3n) is 3.45. The van der Waals surface area contributed by atoms with Gasteiger partial charge in [0.05, 0.1) is 12.6 Å². The Balaban J connectivity index is 2.53. The van der Waals surface area contributed by atoms with Crippen LogP contribution < -0.4 is 5.32 Å². The summed E-state index contributed by atoms with van der Waals surface area (Å²) in [6, 6.07) is 9.06. The molecule has 0 heterocycles. The average Bonchev–Trinajstić information content (AvgIpc) is 2.42. The van der Waals surface area contributed by atoms with Gasteiger partial charge in [-0.15, -0.1) is 0 Å². The molecule has 0 spiro atoms. The van der Waals surface area contributed by atoms with Crippen molar-refractivity contribution < 1.29 is 9.47 Å². The van der Waals surface area contributed by atoms with Crippen molar-refractivity contribution in [2.24, 2.45) is 0 Å². The molecule has 3 heteroatoms. The first kappa shape index (κ1) is 17.2. The highest BCUT2D eigenvalue weighted by molar-refractivity contribution is 5.29. The Kier molecular flexibility index (Phi) is 7.20. The molecular formula is C17H29NO2. The lowest BCUT2D eigenvalue weighted by molar-refractivity contribution is 0.0889. The first-order chi connectivity index (χ1) is 9.49. The highest BCUT2D eigenvalue weighted by Gasteiger charge is 2.15. The minimum absolute atomic E-state index is 0.199. The summed E-state index contributed by atoms with van der Waals surface area (Å²) in [4.78, 5) is 0. The Hall–Kier alpha value is -0.900. The highest BCUT2D eigenvalue weighted by atomic mass is 16.5. The largest absolute Gasteiger partial charge is 0.385 e. The standard InChI is InChI=1S/C17H29NO2/c1-17(2,3)15-9-7-14(8-10-15)16(18-4)13-20-12-6-11-19-5/h7-10,16,18H,6,11-13H2,1-5H3. The number of nitrogens with one attached hydrogen (secondary N) is 1. The summed E-state index contributed by atoms with van der Waals surface area (Å²) in [5.74, 6) is 0. The smallest absolute Gasteiger partial charge is 0.0661 e. The van der Waals surface area contributed by atoms with Gasteiger partial charge >= 0.3 is 0 Å². The molecule has 0 aliphatic carbocycles. The number of hydrogen-bond acceptors (Lipinski definition) is 3. The van der Waals surface area contributed by atoms with Crippen LogP contribution in [0.5, 0.6) is 0 Å². The normalized spacial score (nSPS) is 13.4. The second kappa shape index (κ2) is 8.40. The van der Waals surface area contributed by atoms with Crippen LogP contribution in [0, 0.1) is 0 Å². The summed E-state index contributed by atoms with van der Waals surface area (Å²) < 4.78 is 10.7. The number of hydrogen-bond donors (Lipinski definition) is 1. The third-order valence-corrected chi connectivity index (χ3v) is 3.45. The molecule has 1 rings (SSSR count). The second-order valence-corrected chi connectivity index (χ2v) is 6.13. The van der Waals surface area contributed by atoms with Gasteiger partial charge in [0.25, 0.3) is 0 Å². The lowest BCUT2D eigenvalue weighted by Gasteiger charge is -2.21. The van der Waals surface area contributed by atoms with Gasteiger partial charge < -0.3 is 14.8 Å². The Morgan fingerprint density at radius 3 is 2.25 bits per heavy atom. The molecule has 1 N–H and O–H groups in total. The van der Waals surface area contributed by atoms with Crippen molar-refractivity contribution in [3.8, 4) is 0 Å². The van der Waals surface area contributed by atoms with E-state index in [2.05, 4.69) is 50.4 Å². The Labute approximate surface area is 123 Å². The monoisotopic (exact) mass is 279 g/mol. The van der Waals surface area contributed by atoms with Crippen molar-refractivity contribution in [3.05, 3.63) is 35.4 Å². The molecule has 0 saturated carbocycles. The van der Waals surface area contributed by atoms with Gasteiger partial charge in [-0.1, -0.05) is 45.0 Å². The van der Waals surface area contributed by atoms with Crippen LogP contribution in [0.1, 0.15) is 44.4 Å². The SMILES string of the molecule is CNC(COCCCOC)c1ccc(C(C)(C)C)cc1. The van der Waals surface area contributed by atoms with E-state index in [0.717, 1.165) is 19.6 Å². The first-order valence-electron chi connectivity index (χ1n) is 7.33. The van der Waals surface area contributed by atoms with Gasteiger partial charge in [-0.3, -0.25) is 0 Å². The van der Waals surface area contributed by atoms with Crippen molar-refractivity contribution in [3.63, 3.8) is 0 Å². The molecule has 114 valence electrons. The molecule has 1 unspecified atom stereocenters. The molecule has 0 aliphatic rings. The van der Waals surface area contributed by atoms with Gasteiger partial charge in [0.15, 0.2) is 0 Å². The molecule has 0 aliphatic heterocycles. The molecule has 1 aromatic rings. The van der Waals surface area contributed by atoms with E-state index < -0.39 is 0 Å². The molecule has 1 atom stereocenters. The lowest BCUT2D eigenvalue weighted by atomic mass is 9.86. The number of methoxy groups -OCH3 is 1. The van der Waals surface area contributed by atoms with E-state index >= 15 is 0 Å². The number of benzene rings is 1. The van der Waals surface area contributed by atoms with Crippen LogP contribution in [-0.2, 0) is 14.9 Å². The fourth-order valence-corrected chi connectivity index (χ4v) is 2.07. The average molecular weight is 279 g/mol. The predicted octanol–water partition coefficient (Wildman–Crippen LogP) is 3.30. The number of ether oxygens (including phenoxy) is 2. The van der Waals surface area contributed by atoms with E-state index in [9.17, 15) is 0 Å². The molecule has 0 aromatic heterocycles. The van der Waals surface area contributed by atoms with Gasteiger partial charge in [0.1, 0.15) is 0 Å². The summed E-state index contributed by atoms with van der Waals surface area (Å²) in [7, 11) is 3.69. The maximum Gasteiger partial charge on any atom is 0.0661 e. The Morgan fingerprint density at radius 1 is 1.10 bits per heavy atom. The summed E-state index contributed by atoms with van der Waals surface area (Å²) in [6.45, 7) is 8.88. The van der Waals surface area contributed by atoms with E-state index in [4.69, 9.17) is 9.47 Å². The summed E-state index contributed by atoms with van der Waals surface area (Å²) in [5, 5.41) is 3.31. The van der Waals surface area contributed by atoms with Crippen LogP contribution in [0.2, 0.25) is 0 Å². The van der Waals surface area contributed by atoms with Gasteiger partial charge in [-0.25, -0.2) is 0 Å². The van der Waals surface area contributed by atoms with Crippen LogP contribution in [0.25, 0.3) is 0 Å². The number of rotatable bonds is 8. The first-order valence-corrected chi connectivity index (χ1v) is 7.33. The van der Waals surface area contributed by atoms with E-state index in [0.29, 0.717) is 6.61 Å². The molecule has 20 heavy (non-hydrogen) atoms. The van der Waals surface area contributed by atoms with E-state index in [1.807, 2.05) is 7.05 Å². The van der Waals surface area contributed by atoms with Crippen molar-refractivity contribution in [1.82, 2.24) is 5.32 Å². The summed E-state index contributed by atoms with van der Waals surface area (Å²) in [6.07, 6.45) is 0.940. The molecule has 3 nitrogen and oxygen atoms in total. The Bertz CT molecular complexity index is 368. The third kappa shape index (κ3) is 5.61. The van der Waals surface area contributed by atoms with Crippen LogP contribution in [0.15, 0.2) is 24.3 Å². The van der Waals surface area contributed by atoms with Gasteiger partial charge in [0.2, 0.25) is 0 Å². The Morgan fingerprint density at radius 2 is 1.75 bits per heavy atom. The van der Waals surface area contributed by atoms with Crippen molar-refractivity contribution in [2.45, 2.75) is 38.6 Å². The molecular weight excluding hydrogens is 250 g/mol. The quantitative estimate of drug-likeness (QED) is 0.741. The summed E-state index contributed by atoms with van der Waals surface area (Å²) >= 11 is 0. The maximum absolute atomic E-state index is 5.70. The van der Waals surface area contributed by atoms with E-state index in [1.165, 1.54) is 11.1 Å². The van der Waals surface area contributed by atoms with Crippen LogP contribution in [0.4, 0.5) is 0 Å². The number of likely N-dealkylation sites (N-methyl/N-ethyl adjacent to an activating group) is 1. The van der Waals surface area contributed by atoms with E-state index in [-0.39, 0.29) is 11.5 Å². The molecule has 0 amide bonds. The van der Waals surface area contributed by atoms with E-state index in [1.54, 1.807) is 7.11 Å².